The van der Waals surface area contributed by atoms with Gasteiger partial charge in [0.25, 0.3) is 11.8 Å². The van der Waals surface area contributed by atoms with Crippen LogP contribution in [-0.2, 0) is 11.2 Å². The first-order valence-electron chi connectivity index (χ1n) is 10.9. The number of rotatable bonds is 12. The first-order chi connectivity index (χ1) is 16.5. The van der Waals surface area contributed by atoms with Crippen LogP contribution >= 0.6 is 11.3 Å². The van der Waals surface area contributed by atoms with Gasteiger partial charge in [0, 0.05) is 23.2 Å². The molecule has 0 aliphatic rings. The van der Waals surface area contributed by atoms with E-state index < -0.39 is 0 Å². The number of para-hydroxylation sites is 2. The molecule has 3 rings (SSSR count). The van der Waals surface area contributed by atoms with Gasteiger partial charge in [-0.05, 0) is 56.5 Å². The van der Waals surface area contributed by atoms with Crippen molar-refractivity contribution in [2.75, 3.05) is 32.7 Å². The smallest absolute Gasteiger partial charge is 0.262 e. The Kier molecular flexibility index (Phi) is 9.28. The van der Waals surface area contributed by atoms with Gasteiger partial charge >= 0.3 is 0 Å². The van der Waals surface area contributed by atoms with E-state index in [0.29, 0.717) is 35.0 Å². The van der Waals surface area contributed by atoms with Gasteiger partial charge in [-0.15, -0.1) is 11.3 Å². The molecule has 0 saturated carbocycles. The van der Waals surface area contributed by atoms with Gasteiger partial charge in [0.1, 0.15) is 5.75 Å². The molecular weight excluding hydrogens is 454 g/mol. The van der Waals surface area contributed by atoms with Crippen LogP contribution in [0.5, 0.6) is 17.2 Å². The van der Waals surface area contributed by atoms with E-state index in [1.54, 1.807) is 47.7 Å². The molecule has 34 heavy (non-hydrogen) atoms. The molecule has 8 nitrogen and oxygen atoms in total. The lowest BCUT2D eigenvalue weighted by Crippen LogP contribution is -2.24. The lowest BCUT2D eigenvalue weighted by atomic mass is 10.1. The highest BCUT2D eigenvalue weighted by Gasteiger charge is 2.13. The number of carbonyl (C=O) groups is 2. The second kappa shape index (κ2) is 12.6. The maximum atomic E-state index is 12.5. The molecule has 0 spiro atoms. The number of anilines is 1. The van der Waals surface area contributed by atoms with Crippen molar-refractivity contribution in [3.8, 4) is 17.2 Å². The number of hydrogen-bond acceptors (Lipinski definition) is 7. The summed E-state index contributed by atoms with van der Waals surface area (Å²) in [5.74, 6) is 0.761. The van der Waals surface area contributed by atoms with Crippen LogP contribution in [0, 0.1) is 6.92 Å². The van der Waals surface area contributed by atoms with E-state index in [0.717, 1.165) is 30.0 Å². The number of thiazole rings is 1. The summed E-state index contributed by atoms with van der Waals surface area (Å²) in [4.78, 5) is 29.2. The maximum absolute atomic E-state index is 12.5. The molecule has 0 radical (unpaired) electrons. The molecule has 0 aliphatic carbocycles. The molecule has 2 amide bonds. The molecule has 3 aromatic rings. The van der Waals surface area contributed by atoms with Crippen LogP contribution in [0.1, 0.15) is 33.9 Å². The second-order valence-electron chi connectivity index (χ2n) is 7.50. The Labute approximate surface area is 203 Å². The molecule has 0 unspecified atom stereocenters. The molecule has 180 valence electrons. The topological polar surface area (TPSA) is 98.8 Å². The van der Waals surface area contributed by atoms with E-state index >= 15 is 0 Å². The van der Waals surface area contributed by atoms with E-state index in [1.807, 2.05) is 18.4 Å². The SMILES string of the molecule is COc1ccccc1NC(=O)COc1ccc(C(=O)NCCCCc2nc(C)cs2)cc1OC. The third kappa shape index (κ3) is 7.21. The van der Waals surface area contributed by atoms with Gasteiger partial charge in [-0.2, -0.15) is 0 Å². The second-order valence-corrected chi connectivity index (χ2v) is 8.44. The molecule has 2 aromatic carbocycles. The van der Waals surface area contributed by atoms with Crippen LogP contribution in [0.4, 0.5) is 5.69 Å². The number of ether oxygens (including phenoxy) is 3. The van der Waals surface area contributed by atoms with Crippen LogP contribution < -0.4 is 24.8 Å². The summed E-state index contributed by atoms with van der Waals surface area (Å²) in [7, 11) is 3.02. The van der Waals surface area contributed by atoms with E-state index in [-0.39, 0.29) is 18.4 Å². The minimum atomic E-state index is -0.346. The lowest BCUT2D eigenvalue weighted by molar-refractivity contribution is -0.118. The summed E-state index contributed by atoms with van der Waals surface area (Å²) in [5, 5.41) is 8.84. The van der Waals surface area contributed by atoms with Crippen molar-refractivity contribution in [2.45, 2.75) is 26.2 Å². The standard InChI is InChI=1S/C25H29N3O5S/c1-17-16-34-24(27-17)10-6-7-13-26-25(30)18-11-12-21(22(14-18)32-3)33-15-23(29)28-19-8-4-5-9-20(19)31-2/h4-5,8-9,11-12,14,16H,6-7,10,13,15H2,1-3H3,(H,26,30)(H,28,29). The summed E-state index contributed by atoms with van der Waals surface area (Å²) in [5.41, 5.74) is 2.06. The number of nitrogens with zero attached hydrogens (tertiary/aromatic N) is 1. The van der Waals surface area contributed by atoms with Crippen molar-refractivity contribution in [1.82, 2.24) is 10.3 Å². The average Bonchev–Trinajstić information content (AvgIpc) is 3.27. The first kappa shape index (κ1) is 25.0. The number of hydrogen-bond donors (Lipinski definition) is 2. The molecule has 0 aliphatic heterocycles. The third-order valence-electron chi connectivity index (χ3n) is 4.94. The first-order valence-corrected chi connectivity index (χ1v) is 11.8. The van der Waals surface area contributed by atoms with Crippen molar-refractivity contribution in [3.63, 3.8) is 0 Å². The highest BCUT2D eigenvalue weighted by molar-refractivity contribution is 7.09. The minimum Gasteiger partial charge on any atom is -0.495 e. The number of aromatic nitrogens is 1. The van der Waals surface area contributed by atoms with E-state index in [4.69, 9.17) is 14.2 Å². The van der Waals surface area contributed by atoms with Crippen molar-refractivity contribution < 1.29 is 23.8 Å². The van der Waals surface area contributed by atoms with Gasteiger partial charge < -0.3 is 24.8 Å². The van der Waals surface area contributed by atoms with Gasteiger partial charge in [0.2, 0.25) is 0 Å². The molecule has 2 N–H and O–H groups in total. The predicted octanol–water partition coefficient (Wildman–Crippen LogP) is 4.24. The van der Waals surface area contributed by atoms with Crippen LogP contribution in [-0.4, -0.2) is 44.2 Å². The predicted molar refractivity (Wildman–Crippen MR) is 132 cm³/mol. The number of carbonyl (C=O) groups excluding carboxylic acids is 2. The molecule has 1 aromatic heterocycles. The quantitative estimate of drug-likeness (QED) is 0.374. The highest BCUT2D eigenvalue weighted by Crippen LogP contribution is 2.28. The van der Waals surface area contributed by atoms with Crippen LogP contribution in [0.25, 0.3) is 0 Å². The number of aryl methyl sites for hydroxylation is 2. The van der Waals surface area contributed by atoms with E-state index in [2.05, 4.69) is 15.6 Å². The molecule has 0 saturated heterocycles. The summed E-state index contributed by atoms with van der Waals surface area (Å²) in [6.07, 6.45) is 2.74. The zero-order valence-electron chi connectivity index (χ0n) is 19.6. The summed E-state index contributed by atoms with van der Waals surface area (Å²) in [6, 6.07) is 12.0. The van der Waals surface area contributed by atoms with E-state index in [9.17, 15) is 9.59 Å². The number of methoxy groups -OCH3 is 2. The van der Waals surface area contributed by atoms with Gasteiger partial charge in [0.15, 0.2) is 18.1 Å². The van der Waals surface area contributed by atoms with Gasteiger partial charge in [-0.3, -0.25) is 9.59 Å². The monoisotopic (exact) mass is 483 g/mol. The number of unbranched alkanes of at least 4 members (excludes halogenated alkanes) is 1. The van der Waals surface area contributed by atoms with Crippen LogP contribution in [0.3, 0.4) is 0 Å². The average molecular weight is 484 g/mol. The van der Waals surface area contributed by atoms with Crippen LogP contribution in [0.15, 0.2) is 47.8 Å². The fourth-order valence-corrected chi connectivity index (χ4v) is 4.05. The molecule has 0 bridgehead atoms. The number of benzene rings is 2. The Morgan fingerprint density at radius 1 is 1.00 bits per heavy atom. The summed E-state index contributed by atoms with van der Waals surface area (Å²) in [6.45, 7) is 2.34. The van der Waals surface area contributed by atoms with Gasteiger partial charge in [-0.1, -0.05) is 12.1 Å². The largest absolute Gasteiger partial charge is 0.495 e. The zero-order valence-corrected chi connectivity index (χ0v) is 20.4. The van der Waals surface area contributed by atoms with Gasteiger partial charge in [0.05, 0.1) is 24.9 Å². The number of amides is 2. The number of nitrogens with one attached hydrogen (secondary N) is 2. The molecule has 0 fully saturated rings. The summed E-state index contributed by atoms with van der Waals surface area (Å²) >= 11 is 1.67. The highest BCUT2D eigenvalue weighted by atomic mass is 32.1. The fraction of sp³-hybridized carbons (Fsp3) is 0.320. The normalized spacial score (nSPS) is 10.4. The van der Waals surface area contributed by atoms with Crippen molar-refractivity contribution in [1.29, 1.82) is 0 Å². The Hall–Kier alpha value is -3.59. The molecule has 0 atom stereocenters. The zero-order chi connectivity index (χ0) is 24.3. The fourth-order valence-electron chi connectivity index (χ4n) is 3.23. The van der Waals surface area contributed by atoms with Crippen LogP contribution in [0.2, 0.25) is 0 Å². The Morgan fingerprint density at radius 3 is 2.53 bits per heavy atom. The Balaban J connectivity index is 1.47. The summed E-state index contributed by atoms with van der Waals surface area (Å²) < 4.78 is 16.2. The Bertz CT molecular complexity index is 1120. The molecule has 1 heterocycles. The van der Waals surface area contributed by atoms with Crippen molar-refractivity contribution in [3.05, 3.63) is 64.1 Å². The van der Waals surface area contributed by atoms with Crippen molar-refractivity contribution in [2.24, 2.45) is 0 Å². The van der Waals surface area contributed by atoms with Crippen molar-refractivity contribution >= 4 is 28.8 Å². The van der Waals surface area contributed by atoms with Gasteiger partial charge in [-0.25, -0.2) is 4.98 Å². The van der Waals surface area contributed by atoms with E-state index in [1.165, 1.54) is 14.2 Å². The minimum absolute atomic E-state index is 0.191. The maximum Gasteiger partial charge on any atom is 0.262 e. The lowest BCUT2D eigenvalue weighted by Gasteiger charge is -2.13. The molecular formula is C25H29N3O5S. The Morgan fingerprint density at radius 2 is 1.79 bits per heavy atom. The molecule has 9 heteroatoms. The third-order valence-corrected chi connectivity index (χ3v) is 5.96.